The fraction of sp³-hybridized carbons (Fsp3) is 0.786. The first-order valence-electron chi connectivity index (χ1n) is 7.43. The van der Waals surface area contributed by atoms with Crippen LogP contribution in [0.5, 0.6) is 0 Å². The smallest absolute Gasteiger partial charge is 0.223 e. The van der Waals surface area contributed by atoms with Gasteiger partial charge in [0, 0.05) is 30.8 Å². The summed E-state index contributed by atoms with van der Waals surface area (Å²) in [5.41, 5.74) is 5.39. The summed E-state index contributed by atoms with van der Waals surface area (Å²) < 4.78 is 5.71. The van der Waals surface area contributed by atoms with Crippen molar-refractivity contribution < 1.29 is 9.21 Å². The molecule has 0 saturated heterocycles. The molecule has 0 spiro atoms. The summed E-state index contributed by atoms with van der Waals surface area (Å²) in [7, 11) is 0. The van der Waals surface area contributed by atoms with Crippen LogP contribution in [-0.4, -0.2) is 29.2 Å². The number of carbonyl (C=O) groups excluding carboxylic acids is 1. The number of hydrogen-bond donors (Lipinski definition) is 2. The number of nitrogens with zero attached hydrogens (tertiary/aromatic N) is 2. The minimum absolute atomic E-state index is 0.102. The van der Waals surface area contributed by atoms with Gasteiger partial charge in [-0.05, 0) is 25.7 Å². The van der Waals surface area contributed by atoms with E-state index in [0.717, 1.165) is 31.6 Å². The summed E-state index contributed by atoms with van der Waals surface area (Å²) >= 11 is 0. The Bertz CT molecular complexity index is 436. The van der Waals surface area contributed by atoms with Crippen molar-refractivity contribution in [1.82, 2.24) is 15.5 Å². The molecule has 0 bridgehead atoms. The second-order valence-corrected chi connectivity index (χ2v) is 5.76. The SMILES string of the molecule is CC(C)c1nnc([C@H]2CC[C@H](C(=O)NCCN)CC2)o1. The molecule has 6 nitrogen and oxygen atoms in total. The van der Waals surface area contributed by atoms with Gasteiger partial charge in [0.2, 0.25) is 17.7 Å². The van der Waals surface area contributed by atoms with Gasteiger partial charge in [-0.1, -0.05) is 13.8 Å². The molecule has 1 fully saturated rings. The van der Waals surface area contributed by atoms with Crippen LogP contribution >= 0.6 is 0 Å². The first kappa shape index (κ1) is 15.0. The van der Waals surface area contributed by atoms with Crippen molar-refractivity contribution in [2.75, 3.05) is 13.1 Å². The van der Waals surface area contributed by atoms with Gasteiger partial charge >= 0.3 is 0 Å². The van der Waals surface area contributed by atoms with Gasteiger partial charge in [-0.2, -0.15) is 0 Å². The monoisotopic (exact) mass is 280 g/mol. The summed E-state index contributed by atoms with van der Waals surface area (Å²) in [6, 6.07) is 0. The lowest BCUT2D eigenvalue weighted by Gasteiger charge is -2.25. The van der Waals surface area contributed by atoms with E-state index in [2.05, 4.69) is 15.5 Å². The molecule has 1 heterocycles. The van der Waals surface area contributed by atoms with Crippen LogP contribution in [-0.2, 0) is 4.79 Å². The number of nitrogens with two attached hydrogens (primary N) is 1. The molecule has 112 valence electrons. The molecular weight excluding hydrogens is 256 g/mol. The zero-order valence-electron chi connectivity index (χ0n) is 12.3. The first-order chi connectivity index (χ1) is 9.61. The molecule has 0 unspecified atom stereocenters. The summed E-state index contributed by atoms with van der Waals surface area (Å²) in [6.45, 7) is 5.12. The Morgan fingerprint density at radius 2 is 2.05 bits per heavy atom. The molecule has 3 N–H and O–H groups in total. The minimum Gasteiger partial charge on any atom is -0.425 e. The molecule has 1 saturated carbocycles. The van der Waals surface area contributed by atoms with Crippen LogP contribution in [0, 0.1) is 5.92 Å². The molecule has 0 aliphatic heterocycles. The van der Waals surface area contributed by atoms with Gasteiger partial charge < -0.3 is 15.5 Å². The fourth-order valence-corrected chi connectivity index (χ4v) is 2.59. The quantitative estimate of drug-likeness (QED) is 0.853. The molecule has 0 aromatic carbocycles. The lowest BCUT2D eigenvalue weighted by atomic mass is 9.81. The topological polar surface area (TPSA) is 94.0 Å². The van der Waals surface area contributed by atoms with Gasteiger partial charge in [0.1, 0.15) is 0 Å². The third-order valence-corrected chi connectivity index (χ3v) is 3.84. The van der Waals surface area contributed by atoms with Crippen molar-refractivity contribution in [3.05, 3.63) is 11.8 Å². The number of nitrogens with one attached hydrogen (secondary N) is 1. The van der Waals surface area contributed by atoms with E-state index < -0.39 is 0 Å². The Balaban J connectivity index is 1.85. The highest BCUT2D eigenvalue weighted by molar-refractivity contribution is 5.78. The zero-order chi connectivity index (χ0) is 14.5. The molecule has 1 amide bonds. The van der Waals surface area contributed by atoms with Crippen LogP contribution < -0.4 is 11.1 Å². The normalized spacial score (nSPS) is 23.0. The number of carbonyl (C=O) groups is 1. The molecule has 1 aromatic rings. The van der Waals surface area contributed by atoms with E-state index in [-0.39, 0.29) is 17.7 Å². The fourth-order valence-electron chi connectivity index (χ4n) is 2.59. The van der Waals surface area contributed by atoms with Crippen molar-refractivity contribution in [3.63, 3.8) is 0 Å². The molecular formula is C14H24N4O2. The highest BCUT2D eigenvalue weighted by Gasteiger charge is 2.29. The maximum Gasteiger partial charge on any atom is 0.223 e. The summed E-state index contributed by atoms with van der Waals surface area (Å²) in [5, 5.41) is 11.1. The van der Waals surface area contributed by atoms with E-state index in [4.69, 9.17) is 10.2 Å². The standard InChI is InChI=1S/C14H24N4O2/c1-9(2)13-17-18-14(20-13)11-5-3-10(4-6-11)12(19)16-8-7-15/h9-11H,3-8,15H2,1-2H3,(H,16,19)/t10-,11-. The molecule has 20 heavy (non-hydrogen) atoms. The molecule has 1 aliphatic rings. The lowest BCUT2D eigenvalue weighted by Crippen LogP contribution is -2.35. The Kier molecular flexibility index (Phi) is 5.11. The maximum absolute atomic E-state index is 11.9. The van der Waals surface area contributed by atoms with E-state index in [1.807, 2.05) is 13.8 Å². The van der Waals surface area contributed by atoms with Crippen LogP contribution in [0.15, 0.2) is 4.42 Å². The van der Waals surface area contributed by atoms with Gasteiger partial charge in [0.25, 0.3) is 0 Å². The molecule has 1 aromatic heterocycles. The van der Waals surface area contributed by atoms with Crippen LogP contribution in [0.3, 0.4) is 0 Å². The molecule has 0 atom stereocenters. The van der Waals surface area contributed by atoms with Gasteiger partial charge in [-0.15, -0.1) is 10.2 Å². The predicted octanol–water partition coefficient (Wildman–Crippen LogP) is 1.54. The second kappa shape index (κ2) is 6.83. The van der Waals surface area contributed by atoms with E-state index in [0.29, 0.717) is 24.9 Å². The Morgan fingerprint density at radius 1 is 1.35 bits per heavy atom. The number of hydrogen-bond acceptors (Lipinski definition) is 5. The van der Waals surface area contributed by atoms with Crippen molar-refractivity contribution in [3.8, 4) is 0 Å². The Hall–Kier alpha value is -1.43. The molecule has 6 heteroatoms. The highest BCUT2D eigenvalue weighted by atomic mass is 16.4. The van der Waals surface area contributed by atoms with Crippen molar-refractivity contribution in [1.29, 1.82) is 0 Å². The third-order valence-electron chi connectivity index (χ3n) is 3.84. The van der Waals surface area contributed by atoms with Crippen LogP contribution in [0.2, 0.25) is 0 Å². The largest absolute Gasteiger partial charge is 0.425 e. The van der Waals surface area contributed by atoms with Gasteiger partial charge in [-0.3, -0.25) is 4.79 Å². The second-order valence-electron chi connectivity index (χ2n) is 5.76. The Morgan fingerprint density at radius 3 is 2.60 bits per heavy atom. The van der Waals surface area contributed by atoms with E-state index >= 15 is 0 Å². The van der Waals surface area contributed by atoms with Crippen LogP contribution in [0.1, 0.15) is 63.1 Å². The van der Waals surface area contributed by atoms with Gasteiger partial charge in [0.05, 0.1) is 0 Å². The number of amides is 1. The summed E-state index contributed by atoms with van der Waals surface area (Å²) in [4.78, 5) is 11.9. The van der Waals surface area contributed by atoms with Gasteiger partial charge in [-0.25, -0.2) is 0 Å². The predicted molar refractivity (Wildman–Crippen MR) is 75.2 cm³/mol. The molecule has 2 rings (SSSR count). The summed E-state index contributed by atoms with van der Waals surface area (Å²) in [5.74, 6) is 2.22. The van der Waals surface area contributed by atoms with E-state index in [1.165, 1.54) is 0 Å². The average molecular weight is 280 g/mol. The van der Waals surface area contributed by atoms with Crippen molar-refractivity contribution >= 4 is 5.91 Å². The third kappa shape index (κ3) is 3.56. The summed E-state index contributed by atoms with van der Waals surface area (Å²) in [6.07, 6.45) is 3.61. The Labute approximate surface area is 119 Å². The number of aromatic nitrogens is 2. The molecule has 1 aliphatic carbocycles. The minimum atomic E-state index is 0.102. The van der Waals surface area contributed by atoms with Gasteiger partial charge in [0.15, 0.2) is 0 Å². The van der Waals surface area contributed by atoms with Crippen LogP contribution in [0.25, 0.3) is 0 Å². The highest BCUT2D eigenvalue weighted by Crippen LogP contribution is 2.35. The van der Waals surface area contributed by atoms with Crippen molar-refractivity contribution in [2.24, 2.45) is 11.7 Å². The number of rotatable bonds is 5. The zero-order valence-corrected chi connectivity index (χ0v) is 12.3. The van der Waals surface area contributed by atoms with E-state index in [9.17, 15) is 4.79 Å². The van der Waals surface area contributed by atoms with Crippen molar-refractivity contribution in [2.45, 2.75) is 51.4 Å². The maximum atomic E-state index is 11.9. The lowest BCUT2D eigenvalue weighted by molar-refractivity contribution is -0.126. The van der Waals surface area contributed by atoms with Crippen LogP contribution in [0.4, 0.5) is 0 Å². The average Bonchev–Trinajstić information content (AvgIpc) is 2.95. The van der Waals surface area contributed by atoms with E-state index in [1.54, 1.807) is 0 Å². The molecule has 0 radical (unpaired) electrons. The first-order valence-corrected chi connectivity index (χ1v) is 7.43.